The highest BCUT2D eigenvalue weighted by Crippen LogP contribution is 2.39. The van der Waals surface area contributed by atoms with Crippen LogP contribution >= 0.6 is 0 Å². The van der Waals surface area contributed by atoms with Crippen molar-refractivity contribution < 1.29 is 23.7 Å². The highest BCUT2D eigenvalue weighted by atomic mass is 16.6. The maximum atomic E-state index is 11.0. The molecule has 2 aromatic rings. The predicted molar refractivity (Wildman–Crippen MR) is 86.4 cm³/mol. The summed E-state index contributed by atoms with van der Waals surface area (Å²) in [5.41, 5.74) is 7.97. The highest BCUT2D eigenvalue weighted by Gasteiger charge is 2.24. The molecule has 0 spiro atoms. The van der Waals surface area contributed by atoms with Crippen LogP contribution in [0.2, 0.25) is 0 Å². The molecule has 0 bridgehead atoms. The zero-order valence-corrected chi connectivity index (χ0v) is 13.0. The van der Waals surface area contributed by atoms with Gasteiger partial charge in [-0.15, -0.1) is 0 Å². The van der Waals surface area contributed by atoms with Crippen molar-refractivity contribution >= 4 is 6.09 Å². The number of carbonyl (C=O) groups is 1. The van der Waals surface area contributed by atoms with Gasteiger partial charge >= 0.3 is 6.09 Å². The monoisotopic (exact) mass is 327 g/mol. The standard InChI is InChI=1S/C18H17NO5/c19-18(20)24-14-5-6-21-16-9-11(1-3-13(14)16)12-2-4-15-17(10-12)23-8-7-22-15/h1-4,9-10,14H,5-8H2,(H2,19,20). The van der Waals surface area contributed by atoms with Crippen LogP contribution in [0.4, 0.5) is 4.79 Å². The zero-order valence-electron chi connectivity index (χ0n) is 13.0. The van der Waals surface area contributed by atoms with E-state index in [9.17, 15) is 4.79 Å². The van der Waals surface area contributed by atoms with Crippen molar-refractivity contribution in [2.45, 2.75) is 12.5 Å². The number of rotatable bonds is 2. The van der Waals surface area contributed by atoms with Crippen LogP contribution in [0.15, 0.2) is 36.4 Å². The minimum Gasteiger partial charge on any atom is -0.493 e. The van der Waals surface area contributed by atoms with Crippen molar-refractivity contribution in [2.24, 2.45) is 5.73 Å². The van der Waals surface area contributed by atoms with Gasteiger partial charge < -0.3 is 24.7 Å². The lowest BCUT2D eigenvalue weighted by atomic mass is 9.97. The predicted octanol–water partition coefficient (Wildman–Crippen LogP) is 3.04. The Morgan fingerprint density at radius 2 is 1.58 bits per heavy atom. The third-order valence-corrected chi connectivity index (χ3v) is 4.13. The number of carbonyl (C=O) groups excluding carboxylic acids is 1. The number of ether oxygens (including phenoxy) is 4. The number of fused-ring (bicyclic) bond motifs is 2. The summed E-state index contributed by atoms with van der Waals surface area (Å²) in [4.78, 5) is 11.0. The van der Waals surface area contributed by atoms with E-state index in [0.29, 0.717) is 32.0 Å². The topological polar surface area (TPSA) is 80.0 Å². The molecule has 1 unspecified atom stereocenters. The summed E-state index contributed by atoms with van der Waals surface area (Å²) in [6.45, 7) is 1.60. The van der Waals surface area contributed by atoms with Crippen molar-refractivity contribution in [3.63, 3.8) is 0 Å². The smallest absolute Gasteiger partial charge is 0.405 e. The molecule has 1 atom stereocenters. The van der Waals surface area contributed by atoms with Gasteiger partial charge in [-0.3, -0.25) is 0 Å². The molecule has 6 heteroatoms. The highest BCUT2D eigenvalue weighted by molar-refractivity contribution is 5.70. The number of hydrogen-bond acceptors (Lipinski definition) is 5. The van der Waals surface area contributed by atoms with Crippen molar-refractivity contribution in [2.75, 3.05) is 19.8 Å². The average molecular weight is 327 g/mol. The number of primary amides is 1. The van der Waals surface area contributed by atoms with Gasteiger partial charge in [0.25, 0.3) is 0 Å². The average Bonchev–Trinajstić information content (AvgIpc) is 2.60. The Bertz CT molecular complexity index is 789. The molecule has 24 heavy (non-hydrogen) atoms. The number of hydrogen-bond donors (Lipinski definition) is 1. The lowest BCUT2D eigenvalue weighted by molar-refractivity contribution is 0.0766. The van der Waals surface area contributed by atoms with Gasteiger partial charge in [0.15, 0.2) is 11.5 Å². The van der Waals surface area contributed by atoms with E-state index in [1.54, 1.807) is 0 Å². The Labute approximate surface area is 139 Å². The molecular weight excluding hydrogens is 310 g/mol. The van der Waals surface area contributed by atoms with Crippen LogP contribution < -0.4 is 19.9 Å². The fraction of sp³-hybridized carbons (Fsp3) is 0.278. The molecule has 1 amide bonds. The van der Waals surface area contributed by atoms with E-state index in [1.807, 2.05) is 36.4 Å². The van der Waals surface area contributed by atoms with Gasteiger partial charge in [-0.05, 0) is 29.3 Å². The Morgan fingerprint density at radius 3 is 2.38 bits per heavy atom. The quantitative estimate of drug-likeness (QED) is 0.917. The first-order valence-electron chi connectivity index (χ1n) is 7.83. The Morgan fingerprint density at radius 1 is 0.917 bits per heavy atom. The van der Waals surface area contributed by atoms with Gasteiger partial charge in [0.1, 0.15) is 25.1 Å². The van der Waals surface area contributed by atoms with E-state index in [-0.39, 0.29) is 6.10 Å². The van der Waals surface area contributed by atoms with E-state index in [4.69, 9.17) is 24.7 Å². The molecule has 2 N–H and O–H groups in total. The van der Waals surface area contributed by atoms with Crippen LogP contribution in [-0.2, 0) is 4.74 Å². The molecule has 0 saturated carbocycles. The first kappa shape index (κ1) is 14.7. The zero-order chi connectivity index (χ0) is 16.5. The number of nitrogens with two attached hydrogens (primary N) is 1. The first-order valence-corrected chi connectivity index (χ1v) is 7.83. The van der Waals surface area contributed by atoms with Gasteiger partial charge in [-0.2, -0.15) is 0 Å². The molecule has 0 aliphatic carbocycles. The summed E-state index contributed by atoms with van der Waals surface area (Å²) in [5.74, 6) is 2.21. The van der Waals surface area contributed by atoms with Gasteiger partial charge in [0, 0.05) is 12.0 Å². The van der Waals surface area contributed by atoms with Gasteiger partial charge in [0.2, 0.25) is 0 Å². The van der Waals surface area contributed by atoms with Crippen LogP contribution in [0.25, 0.3) is 11.1 Å². The second-order valence-corrected chi connectivity index (χ2v) is 5.67. The second-order valence-electron chi connectivity index (χ2n) is 5.67. The number of benzene rings is 2. The summed E-state index contributed by atoms with van der Waals surface area (Å²) in [6, 6.07) is 11.7. The Kier molecular flexibility index (Phi) is 3.65. The molecular formula is C18H17NO5. The van der Waals surface area contributed by atoms with Crippen LogP contribution in [-0.4, -0.2) is 25.9 Å². The fourth-order valence-electron chi connectivity index (χ4n) is 3.02. The minimum absolute atomic E-state index is 0.361. The van der Waals surface area contributed by atoms with Crippen LogP contribution in [0.3, 0.4) is 0 Å². The Balaban J connectivity index is 1.67. The molecule has 2 aliphatic heterocycles. The van der Waals surface area contributed by atoms with E-state index in [0.717, 1.165) is 28.2 Å². The van der Waals surface area contributed by atoms with Crippen molar-refractivity contribution in [3.05, 3.63) is 42.0 Å². The third-order valence-electron chi connectivity index (χ3n) is 4.13. The van der Waals surface area contributed by atoms with Gasteiger partial charge in [-0.1, -0.05) is 18.2 Å². The van der Waals surface area contributed by atoms with E-state index < -0.39 is 6.09 Å². The van der Waals surface area contributed by atoms with Crippen LogP contribution in [0, 0.1) is 0 Å². The van der Waals surface area contributed by atoms with E-state index >= 15 is 0 Å². The molecule has 2 heterocycles. The summed E-state index contributed by atoms with van der Waals surface area (Å²) in [7, 11) is 0. The molecule has 0 radical (unpaired) electrons. The van der Waals surface area contributed by atoms with Gasteiger partial charge in [-0.25, -0.2) is 4.79 Å². The molecule has 124 valence electrons. The summed E-state index contributed by atoms with van der Waals surface area (Å²) in [6.07, 6.45) is -0.538. The Hall–Kier alpha value is -2.89. The first-order chi connectivity index (χ1) is 11.7. The molecule has 2 aromatic carbocycles. The van der Waals surface area contributed by atoms with E-state index in [2.05, 4.69) is 0 Å². The molecule has 2 aliphatic rings. The lowest BCUT2D eigenvalue weighted by Crippen LogP contribution is -2.22. The lowest BCUT2D eigenvalue weighted by Gasteiger charge is -2.25. The third kappa shape index (κ3) is 2.71. The molecule has 0 aromatic heterocycles. The normalized spacial score (nSPS) is 18.2. The summed E-state index contributed by atoms with van der Waals surface area (Å²) in [5, 5.41) is 0. The summed E-state index contributed by atoms with van der Waals surface area (Å²) >= 11 is 0. The SMILES string of the molecule is NC(=O)OC1CCOc2cc(-c3ccc4c(c3)OCCO4)ccc21. The summed E-state index contributed by atoms with van der Waals surface area (Å²) < 4.78 is 22.1. The maximum absolute atomic E-state index is 11.0. The molecule has 0 saturated heterocycles. The number of amides is 1. The van der Waals surface area contributed by atoms with Gasteiger partial charge in [0.05, 0.1) is 6.61 Å². The fourth-order valence-corrected chi connectivity index (χ4v) is 3.02. The van der Waals surface area contributed by atoms with Crippen molar-refractivity contribution in [1.82, 2.24) is 0 Å². The molecule has 6 nitrogen and oxygen atoms in total. The van der Waals surface area contributed by atoms with Crippen molar-refractivity contribution in [3.8, 4) is 28.4 Å². The molecule has 0 fully saturated rings. The van der Waals surface area contributed by atoms with Crippen molar-refractivity contribution in [1.29, 1.82) is 0 Å². The minimum atomic E-state index is -0.774. The second kappa shape index (κ2) is 5.96. The molecule has 4 rings (SSSR count). The maximum Gasteiger partial charge on any atom is 0.405 e. The van der Waals surface area contributed by atoms with E-state index in [1.165, 1.54) is 0 Å². The van der Waals surface area contributed by atoms with Crippen LogP contribution in [0.5, 0.6) is 17.2 Å². The van der Waals surface area contributed by atoms with Crippen LogP contribution in [0.1, 0.15) is 18.1 Å². The largest absolute Gasteiger partial charge is 0.493 e.